The van der Waals surface area contributed by atoms with Gasteiger partial charge in [0.25, 0.3) is 5.91 Å². The molecule has 122 valence electrons. The maximum absolute atomic E-state index is 12.1. The van der Waals surface area contributed by atoms with Gasteiger partial charge in [0.15, 0.2) is 6.10 Å². The van der Waals surface area contributed by atoms with Crippen LogP contribution in [0.5, 0.6) is 5.75 Å². The van der Waals surface area contributed by atoms with Gasteiger partial charge >= 0.3 is 0 Å². The van der Waals surface area contributed by atoms with Crippen molar-refractivity contribution in [2.45, 2.75) is 32.5 Å². The Kier molecular flexibility index (Phi) is 5.40. The van der Waals surface area contributed by atoms with Gasteiger partial charge in [-0.1, -0.05) is 48.0 Å². The molecule has 0 spiro atoms. The number of benzene rings is 2. The molecule has 4 nitrogen and oxygen atoms in total. The Morgan fingerprint density at radius 1 is 1.17 bits per heavy atom. The number of hydrogen-bond acceptors (Lipinski definition) is 3. The largest absolute Gasteiger partial charge is 0.481 e. The lowest BCUT2D eigenvalue weighted by Crippen LogP contribution is -2.43. The van der Waals surface area contributed by atoms with E-state index in [0.29, 0.717) is 5.75 Å². The first kappa shape index (κ1) is 17.0. The van der Waals surface area contributed by atoms with E-state index < -0.39 is 11.7 Å². The lowest BCUT2D eigenvalue weighted by atomic mass is 9.96. The van der Waals surface area contributed by atoms with Crippen molar-refractivity contribution >= 4 is 5.91 Å². The molecule has 4 heteroatoms. The summed E-state index contributed by atoms with van der Waals surface area (Å²) >= 11 is 0. The Morgan fingerprint density at radius 2 is 1.78 bits per heavy atom. The summed E-state index contributed by atoms with van der Waals surface area (Å²) in [5.74, 6) is 0.384. The first-order valence-electron chi connectivity index (χ1n) is 7.67. The van der Waals surface area contributed by atoms with E-state index in [0.717, 1.165) is 11.1 Å². The van der Waals surface area contributed by atoms with Crippen LogP contribution in [0.2, 0.25) is 0 Å². The van der Waals surface area contributed by atoms with Gasteiger partial charge in [0, 0.05) is 0 Å². The van der Waals surface area contributed by atoms with Crippen LogP contribution in [-0.2, 0) is 10.4 Å². The quantitative estimate of drug-likeness (QED) is 0.862. The number of carbonyl (C=O) groups excluding carboxylic acids is 1. The molecule has 0 aliphatic heterocycles. The van der Waals surface area contributed by atoms with Crippen molar-refractivity contribution in [2.75, 3.05) is 6.54 Å². The maximum Gasteiger partial charge on any atom is 0.260 e. The van der Waals surface area contributed by atoms with E-state index in [4.69, 9.17) is 4.74 Å². The van der Waals surface area contributed by atoms with E-state index in [1.165, 1.54) is 0 Å². The molecule has 0 saturated carbocycles. The molecule has 23 heavy (non-hydrogen) atoms. The molecule has 1 amide bonds. The standard InChI is InChI=1S/C19H23NO3/c1-14-9-11-17(12-10-14)23-15(2)18(21)20-13-19(3,22)16-7-5-4-6-8-16/h4-12,15,22H,13H2,1-3H3,(H,20,21). The van der Waals surface area contributed by atoms with Crippen LogP contribution >= 0.6 is 0 Å². The number of aliphatic hydroxyl groups is 1. The second kappa shape index (κ2) is 7.29. The van der Waals surface area contributed by atoms with Gasteiger partial charge in [-0.2, -0.15) is 0 Å². The molecule has 2 unspecified atom stereocenters. The number of nitrogens with one attached hydrogen (secondary N) is 1. The van der Waals surface area contributed by atoms with Crippen LogP contribution in [0.4, 0.5) is 0 Å². The summed E-state index contributed by atoms with van der Waals surface area (Å²) < 4.78 is 5.61. The zero-order valence-corrected chi connectivity index (χ0v) is 13.7. The second-order valence-electron chi connectivity index (χ2n) is 5.93. The van der Waals surface area contributed by atoms with E-state index in [-0.39, 0.29) is 12.5 Å². The van der Waals surface area contributed by atoms with Crippen LogP contribution in [0.3, 0.4) is 0 Å². The predicted molar refractivity (Wildman–Crippen MR) is 90.3 cm³/mol. The first-order valence-corrected chi connectivity index (χ1v) is 7.67. The highest BCUT2D eigenvalue weighted by Crippen LogP contribution is 2.19. The van der Waals surface area contributed by atoms with Gasteiger partial charge in [-0.3, -0.25) is 4.79 Å². The topological polar surface area (TPSA) is 58.6 Å². The molecule has 2 N–H and O–H groups in total. The highest BCUT2D eigenvalue weighted by atomic mass is 16.5. The third-order valence-corrected chi connectivity index (χ3v) is 3.71. The fraction of sp³-hybridized carbons (Fsp3) is 0.316. The van der Waals surface area contributed by atoms with E-state index in [1.807, 2.05) is 61.5 Å². The minimum Gasteiger partial charge on any atom is -0.481 e. The van der Waals surface area contributed by atoms with Crippen molar-refractivity contribution in [3.8, 4) is 5.75 Å². The first-order chi connectivity index (χ1) is 10.9. The Morgan fingerprint density at radius 3 is 2.39 bits per heavy atom. The summed E-state index contributed by atoms with van der Waals surface area (Å²) in [7, 11) is 0. The Bertz CT molecular complexity index is 635. The Balaban J connectivity index is 1.90. The average Bonchev–Trinajstić information content (AvgIpc) is 2.55. The number of rotatable bonds is 6. The van der Waals surface area contributed by atoms with Crippen LogP contribution in [0.25, 0.3) is 0 Å². The van der Waals surface area contributed by atoms with E-state index >= 15 is 0 Å². The van der Waals surface area contributed by atoms with Gasteiger partial charge < -0.3 is 15.2 Å². The molecule has 2 atom stereocenters. The van der Waals surface area contributed by atoms with Crippen molar-refractivity contribution in [1.29, 1.82) is 0 Å². The lowest BCUT2D eigenvalue weighted by molar-refractivity contribution is -0.128. The summed E-state index contributed by atoms with van der Waals surface area (Å²) in [6.45, 7) is 5.48. The average molecular weight is 313 g/mol. The van der Waals surface area contributed by atoms with Gasteiger partial charge in [0.1, 0.15) is 11.4 Å². The van der Waals surface area contributed by atoms with Crippen molar-refractivity contribution in [2.24, 2.45) is 0 Å². The molecular weight excluding hydrogens is 290 g/mol. The van der Waals surface area contributed by atoms with E-state index in [2.05, 4.69) is 5.32 Å². The highest BCUT2D eigenvalue weighted by molar-refractivity contribution is 5.80. The molecule has 0 aliphatic rings. The highest BCUT2D eigenvalue weighted by Gasteiger charge is 2.25. The SMILES string of the molecule is Cc1ccc(OC(C)C(=O)NCC(C)(O)c2ccccc2)cc1. The van der Waals surface area contributed by atoms with Crippen LogP contribution in [-0.4, -0.2) is 23.7 Å². The summed E-state index contributed by atoms with van der Waals surface area (Å²) in [6, 6.07) is 16.8. The Hall–Kier alpha value is -2.33. The fourth-order valence-electron chi connectivity index (χ4n) is 2.18. The minimum atomic E-state index is -1.12. The van der Waals surface area contributed by atoms with Crippen LogP contribution in [0, 0.1) is 6.92 Å². The van der Waals surface area contributed by atoms with Gasteiger partial charge in [-0.05, 0) is 38.5 Å². The summed E-state index contributed by atoms with van der Waals surface area (Å²) in [5, 5.41) is 13.2. The van der Waals surface area contributed by atoms with Gasteiger partial charge in [0.05, 0.1) is 6.54 Å². The van der Waals surface area contributed by atoms with E-state index in [9.17, 15) is 9.90 Å². The fourth-order valence-corrected chi connectivity index (χ4v) is 2.18. The molecule has 0 saturated heterocycles. The second-order valence-corrected chi connectivity index (χ2v) is 5.93. The van der Waals surface area contributed by atoms with Crippen molar-refractivity contribution < 1.29 is 14.6 Å². The molecule has 2 aromatic rings. The molecule has 0 aromatic heterocycles. The number of ether oxygens (including phenoxy) is 1. The summed E-state index contributed by atoms with van der Waals surface area (Å²) in [5.41, 5.74) is 0.765. The Labute approximate surface area is 137 Å². The zero-order chi connectivity index (χ0) is 16.9. The number of carbonyl (C=O) groups is 1. The van der Waals surface area contributed by atoms with Crippen LogP contribution in [0.15, 0.2) is 54.6 Å². The van der Waals surface area contributed by atoms with Gasteiger partial charge in [0.2, 0.25) is 0 Å². The van der Waals surface area contributed by atoms with Crippen LogP contribution in [0.1, 0.15) is 25.0 Å². The molecule has 0 heterocycles. The predicted octanol–water partition coefficient (Wildman–Crippen LogP) is 2.79. The molecule has 0 radical (unpaired) electrons. The monoisotopic (exact) mass is 313 g/mol. The molecule has 2 aromatic carbocycles. The maximum atomic E-state index is 12.1. The minimum absolute atomic E-state index is 0.122. The smallest absolute Gasteiger partial charge is 0.260 e. The molecular formula is C19H23NO3. The zero-order valence-electron chi connectivity index (χ0n) is 13.7. The normalized spacial score (nSPS) is 14.6. The van der Waals surface area contributed by atoms with Gasteiger partial charge in [-0.15, -0.1) is 0 Å². The van der Waals surface area contributed by atoms with Crippen LogP contribution < -0.4 is 10.1 Å². The number of aryl methyl sites for hydroxylation is 1. The number of amides is 1. The molecule has 0 fully saturated rings. The molecule has 2 rings (SSSR count). The van der Waals surface area contributed by atoms with Crippen molar-refractivity contribution in [1.82, 2.24) is 5.32 Å². The van der Waals surface area contributed by atoms with Gasteiger partial charge in [-0.25, -0.2) is 0 Å². The lowest BCUT2D eigenvalue weighted by Gasteiger charge is -2.25. The van der Waals surface area contributed by atoms with Crippen molar-refractivity contribution in [3.05, 3.63) is 65.7 Å². The third kappa shape index (κ3) is 4.83. The van der Waals surface area contributed by atoms with E-state index in [1.54, 1.807) is 13.8 Å². The third-order valence-electron chi connectivity index (χ3n) is 3.71. The summed E-state index contributed by atoms with van der Waals surface area (Å²) in [6.07, 6.45) is -0.635. The van der Waals surface area contributed by atoms with Crippen molar-refractivity contribution in [3.63, 3.8) is 0 Å². The molecule has 0 aliphatic carbocycles. The summed E-state index contributed by atoms with van der Waals surface area (Å²) in [4.78, 5) is 12.1. The number of hydrogen-bond donors (Lipinski definition) is 2. The molecule has 0 bridgehead atoms.